The summed E-state index contributed by atoms with van der Waals surface area (Å²) in [7, 11) is 3.92. The number of rotatable bonds is 2. The van der Waals surface area contributed by atoms with Crippen molar-refractivity contribution in [1.82, 2.24) is 9.80 Å². The number of carbonyl (C=O) groups is 1. The van der Waals surface area contributed by atoms with Gasteiger partial charge in [-0.25, -0.2) is 4.79 Å². The summed E-state index contributed by atoms with van der Waals surface area (Å²) in [4.78, 5) is 15.6. The third kappa shape index (κ3) is 2.63. The second-order valence-corrected chi connectivity index (χ2v) is 5.09. The molecule has 1 aliphatic carbocycles. The van der Waals surface area contributed by atoms with Crippen LogP contribution in [0.15, 0.2) is 11.8 Å². The van der Waals surface area contributed by atoms with E-state index in [1.807, 2.05) is 6.92 Å². The molecule has 4 nitrogen and oxygen atoms in total. The number of fused-ring (bicyclic) bond motifs is 1. The Labute approximate surface area is 103 Å². The van der Waals surface area contributed by atoms with Crippen LogP contribution in [0.2, 0.25) is 0 Å². The highest BCUT2D eigenvalue weighted by Gasteiger charge is 2.35. The summed E-state index contributed by atoms with van der Waals surface area (Å²) in [5.74, 6) is 1.61. The van der Waals surface area contributed by atoms with E-state index in [4.69, 9.17) is 4.74 Å². The van der Waals surface area contributed by atoms with E-state index in [1.54, 1.807) is 11.9 Å². The quantitative estimate of drug-likeness (QED) is 0.738. The van der Waals surface area contributed by atoms with Gasteiger partial charge in [0.1, 0.15) is 5.76 Å². The molecule has 0 aromatic carbocycles. The highest BCUT2D eigenvalue weighted by molar-refractivity contribution is 5.68. The first-order valence-corrected chi connectivity index (χ1v) is 6.44. The molecular weight excluding hydrogens is 216 g/mol. The van der Waals surface area contributed by atoms with E-state index in [0.717, 1.165) is 24.5 Å². The Morgan fingerprint density at radius 1 is 1.65 bits per heavy atom. The van der Waals surface area contributed by atoms with Crippen LogP contribution in [0.3, 0.4) is 0 Å². The van der Waals surface area contributed by atoms with Crippen molar-refractivity contribution >= 4 is 6.09 Å². The summed E-state index contributed by atoms with van der Waals surface area (Å²) >= 11 is 0. The minimum Gasteiger partial charge on any atom is -0.415 e. The van der Waals surface area contributed by atoms with Crippen LogP contribution in [0.1, 0.15) is 26.2 Å². The van der Waals surface area contributed by atoms with Crippen LogP contribution in [-0.2, 0) is 4.74 Å². The molecule has 4 heteroatoms. The second kappa shape index (κ2) is 5.08. The zero-order valence-corrected chi connectivity index (χ0v) is 11.0. The molecule has 2 atom stereocenters. The van der Waals surface area contributed by atoms with Crippen molar-refractivity contribution in [2.75, 3.05) is 27.2 Å². The van der Waals surface area contributed by atoms with Gasteiger partial charge in [0.2, 0.25) is 0 Å². The zero-order valence-electron chi connectivity index (χ0n) is 11.0. The van der Waals surface area contributed by atoms with Gasteiger partial charge in [0.25, 0.3) is 0 Å². The first-order valence-electron chi connectivity index (χ1n) is 6.44. The molecule has 2 unspecified atom stereocenters. The molecule has 2 rings (SSSR count). The number of amides is 1. The van der Waals surface area contributed by atoms with Crippen molar-refractivity contribution in [3.05, 3.63) is 11.8 Å². The van der Waals surface area contributed by atoms with E-state index in [9.17, 15) is 4.79 Å². The largest absolute Gasteiger partial charge is 0.415 e. The molecule has 1 heterocycles. The number of carbonyl (C=O) groups excluding carboxylic acids is 1. The lowest BCUT2D eigenvalue weighted by molar-refractivity contribution is 0.126. The average molecular weight is 238 g/mol. The maximum Gasteiger partial charge on any atom is 0.414 e. The van der Waals surface area contributed by atoms with Crippen molar-refractivity contribution in [1.29, 1.82) is 0 Å². The predicted octanol–water partition coefficient (Wildman–Crippen LogP) is 2.07. The molecule has 0 aromatic heterocycles. The Balaban J connectivity index is 1.93. The van der Waals surface area contributed by atoms with Crippen LogP contribution < -0.4 is 0 Å². The van der Waals surface area contributed by atoms with Crippen molar-refractivity contribution in [3.63, 3.8) is 0 Å². The standard InChI is InChI=1S/C13H22N2O2/c1-4-14(2)13(16)17-11-6-5-10-7-8-15(3)12(10)9-11/h6,10,12H,4-5,7-9H2,1-3H3. The van der Waals surface area contributed by atoms with Gasteiger partial charge in [-0.3, -0.25) is 0 Å². The topological polar surface area (TPSA) is 32.8 Å². The van der Waals surface area contributed by atoms with E-state index in [2.05, 4.69) is 18.0 Å². The molecule has 0 aromatic rings. The highest BCUT2D eigenvalue weighted by Crippen LogP contribution is 2.35. The fraction of sp³-hybridized carbons (Fsp3) is 0.769. The fourth-order valence-corrected chi connectivity index (χ4v) is 2.66. The third-order valence-electron chi connectivity index (χ3n) is 4.03. The maximum absolute atomic E-state index is 11.7. The molecule has 2 aliphatic rings. The number of allylic oxidation sites excluding steroid dienone is 1. The van der Waals surface area contributed by atoms with E-state index in [0.29, 0.717) is 12.6 Å². The average Bonchev–Trinajstić information content (AvgIpc) is 2.70. The first-order chi connectivity index (χ1) is 8.11. The molecular formula is C13H22N2O2. The summed E-state index contributed by atoms with van der Waals surface area (Å²) in [6.45, 7) is 3.79. The van der Waals surface area contributed by atoms with Gasteiger partial charge in [-0.1, -0.05) is 0 Å². The molecule has 0 bridgehead atoms. The number of ether oxygens (including phenoxy) is 1. The lowest BCUT2D eigenvalue weighted by atomic mass is 9.89. The van der Waals surface area contributed by atoms with Gasteiger partial charge in [0.05, 0.1) is 0 Å². The Morgan fingerprint density at radius 3 is 3.12 bits per heavy atom. The number of hydrogen-bond donors (Lipinski definition) is 0. The van der Waals surface area contributed by atoms with Crippen LogP contribution in [0.4, 0.5) is 4.79 Å². The third-order valence-corrected chi connectivity index (χ3v) is 4.03. The molecule has 96 valence electrons. The molecule has 1 fully saturated rings. The number of likely N-dealkylation sites (tertiary alicyclic amines) is 1. The summed E-state index contributed by atoms with van der Waals surface area (Å²) in [5.41, 5.74) is 0. The minimum atomic E-state index is -0.238. The monoisotopic (exact) mass is 238 g/mol. The van der Waals surface area contributed by atoms with Crippen LogP contribution >= 0.6 is 0 Å². The SMILES string of the molecule is CCN(C)C(=O)OC1=CCC2CCN(C)C2C1. The van der Waals surface area contributed by atoms with Crippen molar-refractivity contribution in [2.24, 2.45) is 5.92 Å². The summed E-state index contributed by atoms with van der Waals surface area (Å²) in [5, 5.41) is 0. The van der Waals surface area contributed by atoms with Gasteiger partial charge >= 0.3 is 6.09 Å². The van der Waals surface area contributed by atoms with E-state index in [1.165, 1.54) is 13.0 Å². The maximum atomic E-state index is 11.7. The van der Waals surface area contributed by atoms with Crippen LogP contribution in [-0.4, -0.2) is 49.1 Å². The van der Waals surface area contributed by atoms with Crippen molar-refractivity contribution in [3.8, 4) is 0 Å². The fourth-order valence-electron chi connectivity index (χ4n) is 2.66. The first kappa shape index (κ1) is 12.4. The molecule has 0 spiro atoms. The van der Waals surface area contributed by atoms with Gasteiger partial charge in [-0.15, -0.1) is 0 Å². The van der Waals surface area contributed by atoms with Crippen LogP contribution in [0.5, 0.6) is 0 Å². The Kier molecular flexibility index (Phi) is 3.72. The molecule has 1 aliphatic heterocycles. The zero-order chi connectivity index (χ0) is 12.4. The smallest absolute Gasteiger partial charge is 0.414 e. The van der Waals surface area contributed by atoms with Crippen LogP contribution in [0, 0.1) is 5.92 Å². The number of nitrogens with zero attached hydrogens (tertiary/aromatic N) is 2. The molecule has 0 saturated carbocycles. The van der Waals surface area contributed by atoms with E-state index in [-0.39, 0.29) is 6.09 Å². The number of hydrogen-bond acceptors (Lipinski definition) is 3. The lowest BCUT2D eigenvalue weighted by Crippen LogP contribution is -2.33. The molecule has 1 amide bonds. The summed E-state index contributed by atoms with van der Waals surface area (Å²) in [6.07, 6.45) is 5.06. The normalized spacial score (nSPS) is 28.5. The van der Waals surface area contributed by atoms with Gasteiger partial charge in [-0.05, 0) is 45.4 Å². The Morgan fingerprint density at radius 2 is 2.41 bits per heavy atom. The summed E-state index contributed by atoms with van der Waals surface area (Å²) < 4.78 is 5.42. The van der Waals surface area contributed by atoms with Gasteiger partial charge < -0.3 is 14.5 Å². The summed E-state index contributed by atoms with van der Waals surface area (Å²) in [6, 6.07) is 0.565. The second-order valence-electron chi connectivity index (χ2n) is 5.09. The minimum absolute atomic E-state index is 0.238. The van der Waals surface area contributed by atoms with E-state index >= 15 is 0 Å². The van der Waals surface area contributed by atoms with Gasteiger partial charge in [-0.2, -0.15) is 0 Å². The predicted molar refractivity (Wildman–Crippen MR) is 66.6 cm³/mol. The van der Waals surface area contributed by atoms with Crippen molar-refractivity contribution in [2.45, 2.75) is 32.2 Å². The van der Waals surface area contributed by atoms with Gasteiger partial charge in [0, 0.05) is 26.1 Å². The van der Waals surface area contributed by atoms with Crippen molar-refractivity contribution < 1.29 is 9.53 Å². The molecule has 0 radical (unpaired) electrons. The molecule has 0 N–H and O–H groups in total. The molecule has 17 heavy (non-hydrogen) atoms. The van der Waals surface area contributed by atoms with E-state index < -0.39 is 0 Å². The Hall–Kier alpha value is -1.03. The Bertz CT molecular complexity index is 327. The highest BCUT2D eigenvalue weighted by atomic mass is 16.6. The van der Waals surface area contributed by atoms with Crippen LogP contribution in [0.25, 0.3) is 0 Å². The molecule has 1 saturated heterocycles. The van der Waals surface area contributed by atoms with Gasteiger partial charge in [0.15, 0.2) is 0 Å². The lowest BCUT2D eigenvalue weighted by Gasteiger charge is -2.29.